The third kappa shape index (κ3) is 8.38. The first-order valence-corrected chi connectivity index (χ1v) is 14.0. The number of aldehydes is 1. The molecule has 1 aromatic carbocycles. The van der Waals surface area contributed by atoms with Crippen LogP contribution >= 0.6 is 0 Å². The number of methoxy groups -OCH3 is 1. The number of carbonyl (C=O) groups excluding carboxylic acids is 1. The number of β-amino-alcohol motifs (C(OH)–C–C–N with tert-alkyl or cyclic N) is 1. The molecule has 1 saturated heterocycles. The number of hydrogen-bond donors (Lipinski definition) is 2. The number of rotatable bonds is 11. The van der Waals surface area contributed by atoms with E-state index in [1.165, 1.54) is 19.3 Å². The van der Waals surface area contributed by atoms with Crippen LogP contribution in [0.4, 0.5) is 5.82 Å². The lowest BCUT2D eigenvalue weighted by Gasteiger charge is -2.35. The van der Waals surface area contributed by atoms with Crippen molar-refractivity contribution in [3.8, 4) is 11.5 Å². The minimum Gasteiger partial charge on any atom is -0.497 e. The fourth-order valence-electron chi connectivity index (χ4n) is 5.05. The number of hydrogen-bond acceptors (Lipinski definition) is 8. The zero-order valence-electron chi connectivity index (χ0n) is 24.0. The Morgan fingerprint density at radius 2 is 1.95 bits per heavy atom. The van der Waals surface area contributed by atoms with E-state index in [1.807, 2.05) is 43.3 Å². The summed E-state index contributed by atoms with van der Waals surface area (Å²) in [6.07, 6.45) is 6.62. The van der Waals surface area contributed by atoms with Gasteiger partial charge in [0.1, 0.15) is 12.4 Å². The normalized spacial score (nSPS) is 15.6. The molecule has 0 aliphatic carbocycles. The number of aryl methyl sites for hydroxylation is 1. The van der Waals surface area contributed by atoms with Gasteiger partial charge in [0, 0.05) is 30.9 Å². The van der Waals surface area contributed by atoms with Gasteiger partial charge in [-0.1, -0.05) is 27.2 Å². The fourth-order valence-corrected chi connectivity index (χ4v) is 5.05. The summed E-state index contributed by atoms with van der Waals surface area (Å²) in [6.45, 7) is 9.59. The van der Waals surface area contributed by atoms with E-state index in [0.29, 0.717) is 24.4 Å². The molecule has 0 spiro atoms. The summed E-state index contributed by atoms with van der Waals surface area (Å²) >= 11 is 0. The average Bonchev–Trinajstić information content (AvgIpc) is 2.99. The molecule has 2 atom stereocenters. The number of aliphatic hydroxyl groups is 1. The first-order chi connectivity index (χ1) is 18.9. The maximum atomic E-state index is 10.8. The quantitative estimate of drug-likeness (QED) is 0.319. The van der Waals surface area contributed by atoms with Gasteiger partial charge in [-0.3, -0.25) is 9.78 Å². The molecule has 2 unspecified atom stereocenters. The highest BCUT2D eigenvalue weighted by molar-refractivity contribution is 5.83. The molecule has 8 nitrogen and oxygen atoms in total. The number of aromatic nitrogens is 2. The third-order valence-corrected chi connectivity index (χ3v) is 7.68. The number of nitrogens with zero attached hydrogens (tertiary/aromatic N) is 3. The van der Waals surface area contributed by atoms with E-state index in [-0.39, 0.29) is 6.61 Å². The van der Waals surface area contributed by atoms with Gasteiger partial charge in [-0.15, -0.1) is 0 Å². The molecule has 212 valence electrons. The first-order valence-electron chi connectivity index (χ1n) is 14.0. The summed E-state index contributed by atoms with van der Waals surface area (Å²) in [5.41, 5.74) is 2.83. The van der Waals surface area contributed by atoms with E-state index >= 15 is 0 Å². The van der Waals surface area contributed by atoms with Crippen molar-refractivity contribution in [1.29, 1.82) is 0 Å². The van der Waals surface area contributed by atoms with E-state index < -0.39 is 6.10 Å². The van der Waals surface area contributed by atoms with Crippen molar-refractivity contribution in [2.45, 2.75) is 52.6 Å². The van der Waals surface area contributed by atoms with Crippen LogP contribution in [0.5, 0.6) is 11.5 Å². The van der Waals surface area contributed by atoms with Gasteiger partial charge >= 0.3 is 0 Å². The van der Waals surface area contributed by atoms with Crippen molar-refractivity contribution in [3.05, 3.63) is 53.9 Å². The number of benzene rings is 1. The number of piperidine rings is 1. The van der Waals surface area contributed by atoms with Gasteiger partial charge in [0.25, 0.3) is 0 Å². The number of likely N-dealkylation sites (tertiary alicyclic amines) is 1. The maximum absolute atomic E-state index is 10.8. The summed E-state index contributed by atoms with van der Waals surface area (Å²) in [7, 11) is 3.44. The molecule has 0 radical (unpaired) electrons. The number of fused-ring (bicyclic) bond motifs is 1. The van der Waals surface area contributed by atoms with E-state index in [9.17, 15) is 9.90 Å². The number of aliphatic hydroxyl groups excluding tert-OH is 1. The highest BCUT2D eigenvalue weighted by Crippen LogP contribution is 2.30. The smallest absolute Gasteiger partial charge is 0.168 e. The Bertz CT molecular complexity index is 1180. The maximum Gasteiger partial charge on any atom is 0.168 e. The lowest BCUT2D eigenvalue weighted by atomic mass is 9.84. The molecular weight excluding hydrogens is 492 g/mol. The number of anilines is 1. The molecule has 0 saturated carbocycles. The largest absolute Gasteiger partial charge is 0.497 e. The molecule has 0 bridgehead atoms. The van der Waals surface area contributed by atoms with Crippen LogP contribution in [0, 0.1) is 11.8 Å². The van der Waals surface area contributed by atoms with Crippen LogP contribution in [-0.2, 0) is 11.2 Å². The van der Waals surface area contributed by atoms with Crippen LogP contribution < -0.4 is 14.8 Å². The molecule has 3 heterocycles. The predicted octanol–water partition coefficient (Wildman–Crippen LogP) is 5.30. The van der Waals surface area contributed by atoms with Crippen LogP contribution in [0.1, 0.15) is 57.4 Å². The van der Waals surface area contributed by atoms with Crippen molar-refractivity contribution in [2.75, 3.05) is 45.7 Å². The molecular formula is C31H44N4O4. The van der Waals surface area contributed by atoms with Gasteiger partial charge in [-0.05, 0) is 86.1 Å². The zero-order chi connectivity index (χ0) is 28.2. The summed E-state index contributed by atoms with van der Waals surface area (Å²) in [5.74, 6) is 3.72. The van der Waals surface area contributed by atoms with Gasteiger partial charge in [-0.2, -0.15) is 0 Å². The molecule has 3 aromatic rings. The second-order valence-electron chi connectivity index (χ2n) is 10.1. The topological polar surface area (TPSA) is 96.8 Å². The number of ether oxygens (including phenoxy) is 2. The van der Waals surface area contributed by atoms with E-state index in [0.717, 1.165) is 59.3 Å². The van der Waals surface area contributed by atoms with Crippen molar-refractivity contribution in [3.63, 3.8) is 0 Å². The number of pyridine rings is 2. The minimum atomic E-state index is -0.502. The minimum absolute atomic E-state index is 0.0574. The summed E-state index contributed by atoms with van der Waals surface area (Å²) in [6, 6.07) is 11.5. The van der Waals surface area contributed by atoms with Crippen LogP contribution in [0.15, 0.2) is 42.6 Å². The van der Waals surface area contributed by atoms with Gasteiger partial charge in [-0.25, -0.2) is 4.98 Å². The number of nitrogens with one attached hydrogen (secondary N) is 1. The van der Waals surface area contributed by atoms with Crippen LogP contribution in [0.3, 0.4) is 0 Å². The van der Waals surface area contributed by atoms with E-state index in [1.54, 1.807) is 20.4 Å². The summed E-state index contributed by atoms with van der Waals surface area (Å²) in [4.78, 5) is 21.2. The second kappa shape index (κ2) is 15.4. The zero-order valence-corrected chi connectivity index (χ0v) is 24.0. The van der Waals surface area contributed by atoms with E-state index in [4.69, 9.17) is 9.47 Å². The van der Waals surface area contributed by atoms with Crippen LogP contribution in [-0.4, -0.2) is 66.7 Å². The Labute approximate surface area is 232 Å². The first kappa shape index (κ1) is 30.3. The molecule has 4 rings (SSSR count). The van der Waals surface area contributed by atoms with Gasteiger partial charge in [0.15, 0.2) is 17.9 Å². The molecule has 1 fully saturated rings. The summed E-state index contributed by atoms with van der Waals surface area (Å²) in [5, 5.41) is 14.7. The Morgan fingerprint density at radius 1 is 1.18 bits per heavy atom. The monoisotopic (exact) mass is 536 g/mol. The molecule has 2 aromatic heterocycles. The lowest BCUT2D eigenvalue weighted by molar-refractivity contribution is -0.109. The standard InChI is InChI=1S/C21H30N2O2.C10H14N2O2/c1-4-15(2)16-8-11-23(12-9-16)14-21(24)18-7-10-22-20-6-5-17(25-3)13-19(18)20;1-3-8-4-5-9(14-7-6-13)10(11-2)12-8/h5-7,10,13,15-16,21,24H,4,8-9,11-12,14H2,1-3H3;4-6H,3,7H2,1-2H3,(H,11,12). The Hall–Kier alpha value is -3.23. The fraction of sp³-hybridized carbons (Fsp3) is 0.516. The van der Waals surface area contributed by atoms with Gasteiger partial charge in [0.05, 0.1) is 18.7 Å². The lowest BCUT2D eigenvalue weighted by Crippen LogP contribution is -2.38. The van der Waals surface area contributed by atoms with Crippen LogP contribution in [0.25, 0.3) is 10.9 Å². The Balaban J connectivity index is 0.000000255. The molecule has 2 N–H and O–H groups in total. The molecule has 8 heteroatoms. The van der Waals surface area contributed by atoms with Gasteiger partial charge < -0.3 is 24.8 Å². The van der Waals surface area contributed by atoms with Crippen molar-refractivity contribution in [1.82, 2.24) is 14.9 Å². The second-order valence-corrected chi connectivity index (χ2v) is 10.1. The third-order valence-electron chi connectivity index (χ3n) is 7.68. The molecule has 39 heavy (non-hydrogen) atoms. The van der Waals surface area contributed by atoms with E-state index in [2.05, 4.69) is 34.0 Å². The Morgan fingerprint density at radius 3 is 2.59 bits per heavy atom. The molecule has 0 amide bonds. The highest BCUT2D eigenvalue weighted by Gasteiger charge is 2.25. The summed E-state index contributed by atoms with van der Waals surface area (Å²) < 4.78 is 10.5. The average molecular weight is 537 g/mol. The van der Waals surface area contributed by atoms with Gasteiger partial charge in [0.2, 0.25) is 0 Å². The molecule has 1 aliphatic rings. The Kier molecular flexibility index (Phi) is 12.0. The van der Waals surface area contributed by atoms with Crippen LogP contribution in [0.2, 0.25) is 0 Å². The predicted molar refractivity (Wildman–Crippen MR) is 157 cm³/mol. The molecule has 1 aliphatic heterocycles. The van der Waals surface area contributed by atoms with Crippen molar-refractivity contribution >= 4 is 23.0 Å². The number of carbonyl (C=O) groups is 1. The highest BCUT2D eigenvalue weighted by atomic mass is 16.5. The van der Waals surface area contributed by atoms with Crippen molar-refractivity contribution in [2.24, 2.45) is 11.8 Å². The SMILES string of the molecule is CCC(C)C1CCN(CC(O)c2ccnc3ccc(OC)cc23)CC1.CCc1ccc(OCC=O)c(NC)n1. The van der Waals surface area contributed by atoms with Crippen molar-refractivity contribution < 1.29 is 19.4 Å².